The summed E-state index contributed by atoms with van der Waals surface area (Å²) < 4.78 is 28.9. The number of nitrogens with zero attached hydrogens (tertiary/aromatic N) is 1. The van der Waals surface area contributed by atoms with E-state index in [4.69, 9.17) is 0 Å². The van der Waals surface area contributed by atoms with Crippen molar-refractivity contribution in [3.8, 4) is 0 Å². The molecule has 5 nitrogen and oxygen atoms in total. The van der Waals surface area contributed by atoms with Gasteiger partial charge in [0.25, 0.3) is 0 Å². The molecule has 0 bridgehead atoms. The van der Waals surface area contributed by atoms with Gasteiger partial charge in [0, 0.05) is 36.9 Å². The molecule has 0 fully saturated rings. The van der Waals surface area contributed by atoms with E-state index >= 15 is 0 Å². The number of rotatable bonds is 9. The molecule has 2 aliphatic rings. The fraction of sp³-hybridized carbons (Fsp3) is 0.333. The van der Waals surface area contributed by atoms with E-state index in [0.717, 1.165) is 36.3 Å². The number of hydrogen-bond acceptors (Lipinski definition) is 4. The van der Waals surface area contributed by atoms with Crippen molar-refractivity contribution in [1.29, 1.82) is 0 Å². The fourth-order valence-electron chi connectivity index (χ4n) is 5.61. The summed E-state index contributed by atoms with van der Waals surface area (Å²) in [5.41, 5.74) is 5.72. The molecule has 2 N–H and O–H groups in total. The Morgan fingerprint density at radius 2 is 1.72 bits per heavy atom. The summed E-state index contributed by atoms with van der Waals surface area (Å²) >= 11 is 0. The van der Waals surface area contributed by atoms with E-state index < -0.39 is 10.0 Å². The Hall–Kier alpha value is -3.09. The molecule has 0 saturated heterocycles. The molecular formula is C30H35N3O2S. The largest absolute Gasteiger partial charge is 0.378 e. The average Bonchev–Trinajstić information content (AvgIpc) is 3.40. The molecule has 0 radical (unpaired) electrons. The molecule has 6 heteroatoms. The van der Waals surface area contributed by atoms with Crippen LogP contribution < -0.4 is 14.9 Å². The summed E-state index contributed by atoms with van der Waals surface area (Å²) in [4.78, 5) is 2.68. The Balaban J connectivity index is 1.35. The molecule has 3 aromatic carbocycles. The van der Waals surface area contributed by atoms with Crippen LogP contribution in [0, 0.1) is 5.92 Å². The molecule has 1 aliphatic heterocycles. The molecule has 3 unspecified atom stereocenters. The smallest absolute Gasteiger partial charge is 0.240 e. The normalized spacial score (nSPS) is 20.4. The highest BCUT2D eigenvalue weighted by Crippen LogP contribution is 2.50. The van der Waals surface area contributed by atoms with Gasteiger partial charge in [-0.2, -0.15) is 0 Å². The second kappa shape index (κ2) is 10.5. The molecule has 0 aromatic heterocycles. The minimum atomic E-state index is -3.58. The molecule has 0 amide bonds. The first-order chi connectivity index (χ1) is 17.5. The molecule has 0 spiro atoms. The summed E-state index contributed by atoms with van der Waals surface area (Å²) in [5, 5.41) is 3.74. The van der Waals surface area contributed by atoms with Crippen molar-refractivity contribution in [2.45, 2.75) is 43.5 Å². The molecule has 1 aliphatic carbocycles. The lowest BCUT2D eigenvalue weighted by Gasteiger charge is -2.38. The molecule has 36 heavy (non-hydrogen) atoms. The first-order valence-corrected chi connectivity index (χ1v) is 14.4. The topological polar surface area (TPSA) is 61.4 Å². The Morgan fingerprint density at radius 3 is 2.44 bits per heavy atom. The van der Waals surface area contributed by atoms with Gasteiger partial charge in [-0.25, -0.2) is 13.1 Å². The lowest BCUT2D eigenvalue weighted by atomic mass is 9.77. The third-order valence-electron chi connectivity index (χ3n) is 7.57. The van der Waals surface area contributed by atoms with Crippen molar-refractivity contribution in [2.24, 2.45) is 5.92 Å². The van der Waals surface area contributed by atoms with E-state index in [1.54, 1.807) is 6.07 Å². The van der Waals surface area contributed by atoms with E-state index in [-0.39, 0.29) is 12.0 Å². The second-order valence-corrected chi connectivity index (χ2v) is 11.4. The van der Waals surface area contributed by atoms with Gasteiger partial charge in [-0.15, -0.1) is 0 Å². The molecule has 188 valence electrons. The predicted octanol–water partition coefficient (Wildman–Crippen LogP) is 5.88. The minimum Gasteiger partial charge on any atom is -0.378 e. The van der Waals surface area contributed by atoms with Crippen molar-refractivity contribution in [2.75, 3.05) is 29.9 Å². The van der Waals surface area contributed by atoms with Crippen LogP contribution >= 0.6 is 0 Å². The van der Waals surface area contributed by atoms with E-state index in [2.05, 4.69) is 65.2 Å². The average molecular weight is 502 g/mol. The number of nitrogens with one attached hydrogen (secondary N) is 2. The van der Waals surface area contributed by atoms with Crippen LogP contribution in [0.1, 0.15) is 48.9 Å². The molecule has 1 heterocycles. The summed E-state index contributed by atoms with van der Waals surface area (Å²) in [7, 11) is -3.58. The van der Waals surface area contributed by atoms with Gasteiger partial charge >= 0.3 is 0 Å². The van der Waals surface area contributed by atoms with E-state index in [9.17, 15) is 8.42 Å². The fourth-order valence-corrected chi connectivity index (χ4v) is 6.68. The number of benzene rings is 3. The van der Waals surface area contributed by atoms with Crippen molar-refractivity contribution in [1.82, 2.24) is 4.72 Å². The van der Waals surface area contributed by atoms with Crippen LogP contribution in [0.3, 0.4) is 0 Å². The summed E-state index contributed by atoms with van der Waals surface area (Å²) in [6, 6.07) is 24.5. The zero-order valence-corrected chi connectivity index (χ0v) is 21.8. The number of allylic oxidation sites excluding steroid dienone is 2. The van der Waals surface area contributed by atoms with Crippen molar-refractivity contribution < 1.29 is 8.42 Å². The third-order valence-corrected chi connectivity index (χ3v) is 9.03. The van der Waals surface area contributed by atoms with Gasteiger partial charge in [0.1, 0.15) is 0 Å². The third kappa shape index (κ3) is 4.93. The highest BCUT2D eigenvalue weighted by Gasteiger charge is 2.38. The van der Waals surface area contributed by atoms with Gasteiger partial charge in [-0.3, -0.25) is 0 Å². The van der Waals surface area contributed by atoms with Crippen LogP contribution in [0.25, 0.3) is 0 Å². The van der Waals surface area contributed by atoms with Crippen molar-refractivity contribution in [3.05, 3.63) is 102 Å². The van der Waals surface area contributed by atoms with Gasteiger partial charge in [-0.05, 0) is 79.6 Å². The zero-order valence-electron chi connectivity index (χ0n) is 21.0. The highest BCUT2D eigenvalue weighted by molar-refractivity contribution is 7.89. The Kier molecular flexibility index (Phi) is 7.17. The van der Waals surface area contributed by atoms with Gasteiger partial charge in [0.05, 0.1) is 10.9 Å². The highest BCUT2D eigenvalue weighted by atomic mass is 32.2. The maximum absolute atomic E-state index is 13.1. The number of fused-ring (bicyclic) bond motifs is 3. The summed E-state index contributed by atoms with van der Waals surface area (Å²) in [6.07, 6.45) is 6.13. The van der Waals surface area contributed by atoms with Crippen LogP contribution in [0.15, 0.2) is 89.8 Å². The molecular weight excluding hydrogens is 466 g/mol. The Labute approximate surface area is 215 Å². The molecule has 0 saturated carbocycles. The van der Waals surface area contributed by atoms with E-state index in [1.165, 1.54) is 11.3 Å². The molecule has 3 atom stereocenters. The summed E-state index contributed by atoms with van der Waals surface area (Å²) in [6.45, 7) is 6.72. The van der Waals surface area contributed by atoms with Crippen molar-refractivity contribution >= 4 is 21.4 Å². The molecule has 5 rings (SSSR count). The number of sulfonamides is 1. The lowest BCUT2D eigenvalue weighted by Crippen LogP contribution is -2.30. The number of anilines is 2. The maximum atomic E-state index is 13.1. The van der Waals surface area contributed by atoms with Crippen LogP contribution in [-0.2, 0) is 16.4 Å². The molecule has 3 aromatic rings. The van der Waals surface area contributed by atoms with Gasteiger partial charge in [0.15, 0.2) is 0 Å². The van der Waals surface area contributed by atoms with Crippen LogP contribution in [-0.4, -0.2) is 28.1 Å². The van der Waals surface area contributed by atoms with Crippen LogP contribution in [0.4, 0.5) is 11.4 Å². The van der Waals surface area contributed by atoms with E-state index in [1.807, 2.05) is 42.5 Å². The standard InChI is InChI=1S/C30H35N3O2S/c1-3-33(4-2)24-15-13-23(14-16-24)30-27-12-8-11-26(27)28-21-25(17-18-29(28)32-30)36(34,35)31-20-19-22-9-6-5-7-10-22/h5-11,13-18,21,26-27,30-32H,3-4,12,19-20H2,1-2H3. The first-order valence-electron chi connectivity index (χ1n) is 13.0. The predicted molar refractivity (Wildman–Crippen MR) is 148 cm³/mol. The Morgan fingerprint density at radius 1 is 0.972 bits per heavy atom. The first kappa shape index (κ1) is 24.6. The second-order valence-electron chi connectivity index (χ2n) is 9.62. The Bertz CT molecular complexity index is 1320. The van der Waals surface area contributed by atoms with Crippen LogP contribution in [0.5, 0.6) is 0 Å². The summed E-state index contributed by atoms with van der Waals surface area (Å²) in [5.74, 6) is 0.564. The van der Waals surface area contributed by atoms with Crippen LogP contribution in [0.2, 0.25) is 0 Å². The van der Waals surface area contributed by atoms with Gasteiger partial charge in [-0.1, -0.05) is 54.6 Å². The maximum Gasteiger partial charge on any atom is 0.240 e. The monoisotopic (exact) mass is 501 g/mol. The van der Waals surface area contributed by atoms with Crippen molar-refractivity contribution in [3.63, 3.8) is 0 Å². The zero-order chi connectivity index (χ0) is 25.1. The van der Waals surface area contributed by atoms with Gasteiger partial charge in [0.2, 0.25) is 10.0 Å². The SMILES string of the molecule is CCN(CC)c1ccc(C2Nc3ccc(S(=O)(=O)NCCc4ccccc4)cc3C3C=CCC32)cc1. The number of hydrogen-bond donors (Lipinski definition) is 2. The van der Waals surface area contributed by atoms with E-state index in [0.29, 0.717) is 23.8 Å². The quantitative estimate of drug-likeness (QED) is 0.360. The minimum absolute atomic E-state index is 0.190. The van der Waals surface area contributed by atoms with Gasteiger partial charge < -0.3 is 10.2 Å². The lowest BCUT2D eigenvalue weighted by molar-refractivity contribution is 0.425.